The highest BCUT2D eigenvalue weighted by Gasteiger charge is 2.16. The van der Waals surface area contributed by atoms with Crippen LogP contribution in [0.15, 0.2) is 43.1 Å². The van der Waals surface area contributed by atoms with Crippen LogP contribution in [0.25, 0.3) is 22.4 Å². The Bertz CT molecular complexity index is 1030. The van der Waals surface area contributed by atoms with Gasteiger partial charge in [0.2, 0.25) is 0 Å². The number of nitrogens with zero attached hydrogens (tertiary/aromatic N) is 8. The van der Waals surface area contributed by atoms with Crippen LogP contribution in [-0.4, -0.2) is 47.9 Å². The summed E-state index contributed by atoms with van der Waals surface area (Å²) in [6.07, 6.45) is 9.13. The first-order valence-electron chi connectivity index (χ1n) is 8.42. The van der Waals surface area contributed by atoms with Gasteiger partial charge in [0.15, 0.2) is 11.5 Å². The zero-order chi connectivity index (χ0) is 18.1. The van der Waals surface area contributed by atoms with Gasteiger partial charge in [-0.05, 0) is 19.1 Å². The van der Waals surface area contributed by atoms with Gasteiger partial charge in [-0.3, -0.25) is 9.67 Å². The lowest BCUT2D eigenvalue weighted by molar-refractivity contribution is 0.662. The highest BCUT2D eigenvalue weighted by molar-refractivity contribution is 5.88. The van der Waals surface area contributed by atoms with E-state index in [1.165, 1.54) is 0 Å². The Balaban J connectivity index is 1.72. The normalized spacial score (nSPS) is 11.2. The number of likely N-dealkylation sites (N-methyl/N-ethyl adjacent to an activating group) is 1. The number of aryl methyl sites for hydroxylation is 2. The molecule has 0 saturated heterocycles. The first kappa shape index (κ1) is 16.2. The highest BCUT2D eigenvalue weighted by atomic mass is 15.3. The van der Waals surface area contributed by atoms with Gasteiger partial charge in [0.25, 0.3) is 0 Å². The molecule has 0 saturated carbocycles. The molecule has 0 unspecified atom stereocenters. The molecule has 0 radical (unpaired) electrons. The lowest BCUT2D eigenvalue weighted by atomic mass is 10.2. The zero-order valence-electron chi connectivity index (χ0n) is 15.0. The topological polar surface area (TPSA) is 77.6 Å². The van der Waals surface area contributed by atoms with Gasteiger partial charge >= 0.3 is 0 Å². The Labute approximate surface area is 151 Å². The van der Waals surface area contributed by atoms with Gasteiger partial charge in [-0.2, -0.15) is 5.10 Å². The van der Waals surface area contributed by atoms with Gasteiger partial charge < -0.3 is 9.47 Å². The second-order valence-electron chi connectivity index (χ2n) is 6.20. The Morgan fingerprint density at radius 3 is 2.65 bits per heavy atom. The van der Waals surface area contributed by atoms with Gasteiger partial charge in [-0.15, -0.1) is 0 Å². The first-order chi connectivity index (χ1) is 12.6. The molecule has 0 aromatic carbocycles. The van der Waals surface area contributed by atoms with Crippen LogP contribution in [0.1, 0.15) is 5.82 Å². The van der Waals surface area contributed by atoms with Gasteiger partial charge in [0.05, 0.1) is 11.6 Å². The summed E-state index contributed by atoms with van der Waals surface area (Å²) < 4.78 is 3.90. The van der Waals surface area contributed by atoms with Gasteiger partial charge in [0, 0.05) is 57.5 Å². The highest BCUT2D eigenvalue weighted by Crippen LogP contribution is 2.26. The third kappa shape index (κ3) is 2.90. The Hall–Kier alpha value is -3.29. The van der Waals surface area contributed by atoms with Gasteiger partial charge in [-0.1, -0.05) is 0 Å². The van der Waals surface area contributed by atoms with E-state index in [9.17, 15) is 0 Å². The molecule has 0 atom stereocenters. The maximum atomic E-state index is 4.82. The van der Waals surface area contributed by atoms with E-state index < -0.39 is 0 Å². The molecule has 0 spiro atoms. The van der Waals surface area contributed by atoms with E-state index in [2.05, 4.69) is 24.5 Å². The molecule has 26 heavy (non-hydrogen) atoms. The molecule has 0 fully saturated rings. The number of hydrogen-bond donors (Lipinski definition) is 0. The van der Waals surface area contributed by atoms with Crippen LogP contribution in [0.2, 0.25) is 0 Å². The van der Waals surface area contributed by atoms with E-state index in [4.69, 9.17) is 9.97 Å². The monoisotopic (exact) mass is 348 g/mol. The number of rotatable bonds is 5. The fourth-order valence-electron chi connectivity index (χ4n) is 2.93. The molecule has 4 heterocycles. The average molecular weight is 348 g/mol. The van der Waals surface area contributed by atoms with Crippen molar-refractivity contribution in [1.29, 1.82) is 0 Å². The van der Waals surface area contributed by atoms with Crippen molar-refractivity contribution in [3.63, 3.8) is 0 Å². The molecule has 132 valence electrons. The molecular formula is C18H20N8. The minimum Gasteiger partial charge on any atom is -0.357 e. The maximum absolute atomic E-state index is 4.82. The number of fused-ring (bicyclic) bond motifs is 1. The second kappa shape index (κ2) is 6.55. The zero-order valence-corrected chi connectivity index (χ0v) is 15.0. The standard InChI is InChI=1S/C18H20N8/c1-13-20-8-9-26(13)11-10-24(2)17-15-12-21-25(3)18(15)23-16(22-17)14-4-6-19-7-5-14/h4-9,12H,10-11H2,1-3H3. The third-order valence-corrected chi connectivity index (χ3v) is 4.47. The van der Waals surface area contributed by atoms with E-state index >= 15 is 0 Å². The fourth-order valence-corrected chi connectivity index (χ4v) is 2.93. The Morgan fingerprint density at radius 2 is 1.92 bits per heavy atom. The molecule has 0 bridgehead atoms. The average Bonchev–Trinajstić information content (AvgIpc) is 3.25. The molecule has 8 nitrogen and oxygen atoms in total. The van der Waals surface area contributed by atoms with E-state index in [1.807, 2.05) is 51.7 Å². The number of anilines is 1. The summed E-state index contributed by atoms with van der Waals surface area (Å²) in [5.41, 5.74) is 1.75. The van der Waals surface area contributed by atoms with Crippen molar-refractivity contribution < 1.29 is 0 Å². The van der Waals surface area contributed by atoms with Crippen LogP contribution >= 0.6 is 0 Å². The maximum Gasteiger partial charge on any atom is 0.164 e. The minimum atomic E-state index is 0.671. The Morgan fingerprint density at radius 1 is 1.12 bits per heavy atom. The minimum absolute atomic E-state index is 0.671. The van der Waals surface area contributed by atoms with Crippen LogP contribution in [0.4, 0.5) is 5.82 Å². The summed E-state index contributed by atoms with van der Waals surface area (Å²) in [6, 6.07) is 3.83. The summed E-state index contributed by atoms with van der Waals surface area (Å²) in [5.74, 6) is 2.54. The van der Waals surface area contributed by atoms with Crippen molar-refractivity contribution in [1.82, 2.24) is 34.3 Å². The fraction of sp³-hybridized carbons (Fsp3) is 0.278. The molecule has 4 aromatic rings. The van der Waals surface area contributed by atoms with Crippen molar-refractivity contribution in [2.75, 3.05) is 18.5 Å². The lowest BCUT2D eigenvalue weighted by Crippen LogP contribution is -2.24. The van der Waals surface area contributed by atoms with Crippen LogP contribution < -0.4 is 4.90 Å². The smallest absolute Gasteiger partial charge is 0.164 e. The van der Waals surface area contributed by atoms with E-state index in [0.29, 0.717) is 5.82 Å². The largest absolute Gasteiger partial charge is 0.357 e. The van der Waals surface area contributed by atoms with E-state index in [1.54, 1.807) is 17.1 Å². The quantitative estimate of drug-likeness (QED) is 0.549. The van der Waals surface area contributed by atoms with Gasteiger partial charge in [-0.25, -0.2) is 15.0 Å². The molecule has 0 aliphatic carbocycles. The predicted octanol–water partition coefficient (Wildman–Crippen LogP) is 2.07. The number of pyridine rings is 1. The lowest BCUT2D eigenvalue weighted by Gasteiger charge is -2.20. The third-order valence-electron chi connectivity index (χ3n) is 4.47. The van der Waals surface area contributed by atoms with Crippen molar-refractivity contribution in [2.45, 2.75) is 13.5 Å². The molecule has 0 amide bonds. The summed E-state index contributed by atoms with van der Waals surface area (Å²) in [4.78, 5) is 20.0. The number of aromatic nitrogens is 7. The summed E-state index contributed by atoms with van der Waals surface area (Å²) in [6.45, 7) is 3.64. The van der Waals surface area contributed by atoms with Crippen LogP contribution in [-0.2, 0) is 13.6 Å². The van der Waals surface area contributed by atoms with Crippen LogP contribution in [0.3, 0.4) is 0 Å². The first-order valence-corrected chi connectivity index (χ1v) is 8.42. The van der Waals surface area contributed by atoms with Crippen molar-refractivity contribution >= 4 is 16.9 Å². The molecular weight excluding hydrogens is 328 g/mol. The van der Waals surface area contributed by atoms with Crippen molar-refractivity contribution in [3.8, 4) is 11.4 Å². The van der Waals surface area contributed by atoms with E-state index in [0.717, 1.165) is 41.3 Å². The summed E-state index contributed by atoms with van der Waals surface area (Å²) >= 11 is 0. The van der Waals surface area contributed by atoms with Crippen LogP contribution in [0, 0.1) is 6.92 Å². The summed E-state index contributed by atoms with van der Waals surface area (Å²) in [5, 5.41) is 5.30. The molecule has 8 heteroatoms. The summed E-state index contributed by atoms with van der Waals surface area (Å²) in [7, 11) is 3.93. The van der Waals surface area contributed by atoms with Crippen molar-refractivity contribution in [2.24, 2.45) is 7.05 Å². The predicted molar refractivity (Wildman–Crippen MR) is 99.8 cm³/mol. The van der Waals surface area contributed by atoms with E-state index in [-0.39, 0.29) is 0 Å². The molecule has 0 aliphatic rings. The van der Waals surface area contributed by atoms with Crippen molar-refractivity contribution in [3.05, 3.63) is 48.9 Å². The number of imidazole rings is 1. The molecule has 4 rings (SSSR count). The number of hydrogen-bond acceptors (Lipinski definition) is 6. The van der Waals surface area contributed by atoms with Crippen LogP contribution in [0.5, 0.6) is 0 Å². The van der Waals surface area contributed by atoms with Gasteiger partial charge in [0.1, 0.15) is 11.6 Å². The molecule has 0 aliphatic heterocycles. The SMILES string of the molecule is Cc1nccn1CCN(C)c1nc(-c2ccncc2)nc2c1cnn2C. The molecule has 0 N–H and O–H groups in total. The molecule has 4 aromatic heterocycles. The Kier molecular flexibility index (Phi) is 4.08. The second-order valence-corrected chi connectivity index (χ2v) is 6.20.